The van der Waals surface area contributed by atoms with Gasteiger partial charge >= 0.3 is 0 Å². The number of anilines is 1. The van der Waals surface area contributed by atoms with Gasteiger partial charge in [0.25, 0.3) is 5.91 Å². The molecule has 1 fully saturated rings. The summed E-state index contributed by atoms with van der Waals surface area (Å²) >= 11 is 0. The van der Waals surface area contributed by atoms with Crippen LogP contribution in [0, 0.1) is 6.92 Å². The van der Waals surface area contributed by atoms with E-state index in [0.29, 0.717) is 6.54 Å². The van der Waals surface area contributed by atoms with Crippen LogP contribution in [0.25, 0.3) is 0 Å². The highest BCUT2D eigenvalue weighted by molar-refractivity contribution is 5.83. The van der Waals surface area contributed by atoms with Crippen molar-refractivity contribution >= 4 is 17.8 Å². The molecule has 0 unspecified atom stereocenters. The third kappa shape index (κ3) is 6.69. The average molecular weight is 394 g/mol. The molecule has 154 valence electrons. The molecule has 1 heterocycles. The highest BCUT2D eigenvalue weighted by atomic mass is 16.2. The smallest absolute Gasteiger partial charge is 0.254 e. The fraction of sp³-hybridized carbons (Fsp3) is 0.391. The summed E-state index contributed by atoms with van der Waals surface area (Å²) in [4.78, 5) is 18.8. The maximum absolute atomic E-state index is 12.2. The zero-order valence-electron chi connectivity index (χ0n) is 17.6. The van der Waals surface area contributed by atoms with Crippen LogP contribution in [0.3, 0.4) is 0 Å². The fourth-order valence-corrected chi connectivity index (χ4v) is 3.33. The first-order chi connectivity index (χ1) is 14.0. The average Bonchev–Trinajstić information content (AvgIpc) is 2.71. The van der Waals surface area contributed by atoms with E-state index in [-0.39, 0.29) is 5.91 Å². The van der Waals surface area contributed by atoms with Crippen molar-refractivity contribution in [2.45, 2.75) is 13.5 Å². The molecule has 1 aliphatic heterocycles. The molecule has 0 saturated carbocycles. The van der Waals surface area contributed by atoms with E-state index in [4.69, 9.17) is 0 Å². The number of carbonyl (C=O) groups is 1. The third-order valence-corrected chi connectivity index (χ3v) is 5.17. The normalized spacial score (nSPS) is 15.6. The molecule has 29 heavy (non-hydrogen) atoms. The summed E-state index contributed by atoms with van der Waals surface area (Å²) in [6, 6.07) is 16.7. The van der Waals surface area contributed by atoms with Gasteiger partial charge in [-0.25, -0.2) is 5.43 Å². The van der Waals surface area contributed by atoms with Crippen LogP contribution in [0.2, 0.25) is 0 Å². The minimum atomic E-state index is -0.0712. The summed E-state index contributed by atoms with van der Waals surface area (Å²) in [7, 11) is 4.01. The van der Waals surface area contributed by atoms with E-state index < -0.39 is 0 Å². The Labute approximate surface area is 173 Å². The van der Waals surface area contributed by atoms with Crippen LogP contribution >= 0.6 is 0 Å². The number of piperazine rings is 1. The van der Waals surface area contributed by atoms with Gasteiger partial charge in [-0.05, 0) is 30.2 Å². The lowest BCUT2D eigenvalue weighted by Crippen LogP contribution is -2.48. The molecule has 2 aromatic rings. The first-order valence-electron chi connectivity index (χ1n) is 10.1. The second kappa shape index (κ2) is 10.2. The van der Waals surface area contributed by atoms with Gasteiger partial charge in [-0.2, -0.15) is 5.10 Å². The zero-order chi connectivity index (χ0) is 20.6. The van der Waals surface area contributed by atoms with Crippen molar-refractivity contribution in [2.75, 3.05) is 51.7 Å². The quantitative estimate of drug-likeness (QED) is 0.579. The molecule has 1 aliphatic rings. The number of benzene rings is 2. The number of rotatable bonds is 7. The number of hydrazone groups is 1. The number of nitrogens with one attached hydrogen (secondary N) is 1. The van der Waals surface area contributed by atoms with E-state index in [1.165, 1.54) is 11.1 Å². The number of carbonyl (C=O) groups excluding carboxylic acids is 1. The first kappa shape index (κ1) is 21.0. The molecule has 1 saturated heterocycles. The van der Waals surface area contributed by atoms with Gasteiger partial charge in [0.1, 0.15) is 0 Å². The van der Waals surface area contributed by atoms with Gasteiger partial charge in [-0.3, -0.25) is 14.6 Å². The Hall–Kier alpha value is -2.70. The van der Waals surface area contributed by atoms with Crippen molar-refractivity contribution in [3.8, 4) is 0 Å². The Bertz CT molecular complexity index is 806. The Balaban J connectivity index is 1.37. The molecule has 0 atom stereocenters. The van der Waals surface area contributed by atoms with Gasteiger partial charge in [0.2, 0.25) is 0 Å². The van der Waals surface area contributed by atoms with Crippen molar-refractivity contribution in [1.29, 1.82) is 0 Å². The molecule has 6 heteroatoms. The van der Waals surface area contributed by atoms with Crippen molar-refractivity contribution in [3.63, 3.8) is 0 Å². The van der Waals surface area contributed by atoms with Crippen LogP contribution in [0.15, 0.2) is 53.6 Å². The number of hydrogen-bond acceptors (Lipinski definition) is 5. The van der Waals surface area contributed by atoms with Crippen LogP contribution in [0.4, 0.5) is 5.69 Å². The first-order valence-corrected chi connectivity index (χ1v) is 10.1. The molecule has 0 aromatic heterocycles. The summed E-state index contributed by atoms with van der Waals surface area (Å²) in [6.45, 7) is 7.21. The van der Waals surface area contributed by atoms with Gasteiger partial charge in [0.05, 0.1) is 12.8 Å². The van der Waals surface area contributed by atoms with Crippen LogP contribution in [0.1, 0.15) is 16.7 Å². The molecule has 3 rings (SSSR count). The lowest BCUT2D eigenvalue weighted by Gasteiger charge is -2.34. The Morgan fingerprint density at radius 1 is 1.00 bits per heavy atom. The number of amides is 1. The minimum Gasteiger partial charge on any atom is -0.378 e. The van der Waals surface area contributed by atoms with Gasteiger partial charge in [-0.1, -0.05) is 42.0 Å². The maximum Gasteiger partial charge on any atom is 0.254 e. The summed E-state index contributed by atoms with van der Waals surface area (Å²) in [5, 5.41) is 4.08. The predicted octanol–water partition coefficient (Wildman–Crippen LogP) is 2.33. The van der Waals surface area contributed by atoms with Crippen molar-refractivity contribution in [2.24, 2.45) is 5.10 Å². The molecule has 0 bridgehead atoms. The molecular weight excluding hydrogens is 362 g/mol. The molecule has 0 spiro atoms. The highest BCUT2D eigenvalue weighted by Crippen LogP contribution is 2.11. The Morgan fingerprint density at radius 2 is 1.62 bits per heavy atom. The van der Waals surface area contributed by atoms with Crippen LogP contribution in [-0.2, 0) is 11.3 Å². The van der Waals surface area contributed by atoms with E-state index in [2.05, 4.69) is 51.5 Å². The monoisotopic (exact) mass is 393 g/mol. The van der Waals surface area contributed by atoms with Crippen molar-refractivity contribution in [1.82, 2.24) is 15.2 Å². The molecular formula is C23H31N5O. The lowest BCUT2D eigenvalue weighted by molar-refractivity contribution is -0.122. The number of hydrogen-bond donors (Lipinski definition) is 1. The topological polar surface area (TPSA) is 51.2 Å². The summed E-state index contributed by atoms with van der Waals surface area (Å²) < 4.78 is 0. The zero-order valence-corrected chi connectivity index (χ0v) is 17.6. The predicted molar refractivity (Wildman–Crippen MR) is 119 cm³/mol. The van der Waals surface area contributed by atoms with E-state index in [9.17, 15) is 4.79 Å². The van der Waals surface area contributed by atoms with E-state index in [1.54, 1.807) is 6.21 Å². The molecule has 2 aromatic carbocycles. The molecule has 6 nitrogen and oxygen atoms in total. The molecule has 0 radical (unpaired) electrons. The molecule has 1 amide bonds. The van der Waals surface area contributed by atoms with Gasteiger partial charge < -0.3 is 4.90 Å². The Kier molecular flexibility index (Phi) is 7.38. The molecule has 1 N–H and O–H groups in total. The Morgan fingerprint density at radius 3 is 2.24 bits per heavy atom. The van der Waals surface area contributed by atoms with Crippen LogP contribution in [-0.4, -0.2) is 68.7 Å². The van der Waals surface area contributed by atoms with Crippen LogP contribution in [0.5, 0.6) is 0 Å². The third-order valence-electron chi connectivity index (χ3n) is 5.17. The van der Waals surface area contributed by atoms with Crippen molar-refractivity contribution in [3.05, 3.63) is 65.2 Å². The number of aryl methyl sites for hydroxylation is 1. The standard InChI is InChI=1S/C23H31N5O/c1-19-4-6-21(7-5-19)17-27-12-14-28(15-13-27)18-23(29)25-24-16-20-8-10-22(11-9-20)26(2)3/h4-11,16H,12-15,17-18H2,1-3H3,(H,25,29)/b24-16-. The lowest BCUT2D eigenvalue weighted by atomic mass is 10.1. The SMILES string of the molecule is Cc1ccc(CN2CCN(CC(=O)N/N=C\c3ccc(N(C)C)cc3)CC2)cc1. The van der Waals surface area contributed by atoms with E-state index in [0.717, 1.165) is 44.0 Å². The summed E-state index contributed by atoms with van der Waals surface area (Å²) in [5.74, 6) is -0.0712. The minimum absolute atomic E-state index is 0.0712. The van der Waals surface area contributed by atoms with E-state index >= 15 is 0 Å². The second-order valence-corrected chi connectivity index (χ2v) is 7.82. The van der Waals surface area contributed by atoms with Gasteiger partial charge in [-0.15, -0.1) is 0 Å². The summed E-state index contributed by atoms with van der Waals surface area (Å²) in [5.41, 5.74) is 7.36. The van der Waals surface area contributed by atoms with Gasteiger partial charge in [0.15, 0.2) is 0 Å². The molecule has 0 aliphatic carbocycles. The summed E-state index contributed by atoms with van der Waals surface area (Å²) in [6.07, 6.45) is 1.68. The van der Waals surface area contributed by atoms with E-state index in [1.807, 2.05) is 43.3 Å². The van der Waals surface area contributed by atoms with Gasteiger partial charge in [0, 0.05) is 52.5 Å². The maximum atomic E-state index is 12.2. The highest BCUT2D eigenvalue weighted by Gasteiger charge is 2.18. The fourth-order valence-electron chi connectivity index (χ4n) is 3.33. The van der Waals surface area contributed by atoms with Crippen molar-refractivity contribution < 1.29 is 4.79 Å². The number of nitrogens with zero attached hydrogens (tertiary/aromatic N) is 4. The second-order valence-electron chi connectivity index (χ2n) is 7.82. The largest absolute Gasteiger partial charge is 0.378 e. The van der Waals surface area contributed by atoms with Crippen LogP contribution < -0.4 is 10.3 Å².